The first-order chi connectivity index (χ1) is 13.8. The molecule has 1 aromatic rings. The topological polar surface area (TPSA) is 75.2 Å². The number of hydrogen-bond donors (Lipinski definition) is 2. The van der Waals surface area contributed by atoms with E-state index < -0.39 is 0 Å². The van der Waals surface area contributed by atoms with Gasteiger partial charge in [-0.25, -0.2) is 0 Å². The van der Waals surface area contributed by atoms with Gasteiger partial charge in [0.25, 0.3) is 0 Å². The second-order valence-corrected chi connectivity index (χ2v) is 7.25. The van der Waals surface area contributed by atoms with Crippen LogP contribution in [0.4, 0.5) is 0 Å². The summed E-state index contributed by atoms with van der Waals surface area (Å²) in [5.74, 6) is 1.03. The summed E-state index contributed by atoms with van der Waals surface area (Å²) in [5.41, 5.74) is 2.38. The van der Waals surface area contributed by atoms with Crippen LogP contribution in [0.5, 0.6) is 0 Å². The molecule has 0 bridgehead atoms. The summed E-state index contributed by atoms with van der Waals surface area (Å²) in [5, 5.41) is 6.70. The Morgan fingerprint density at radius 2 is 2.14 bits per heavy atom. The average Bonchev–Trinajstić information content (AvgIpc) is 3.37. The number of ether oxygens (including phenoxy) is 2. The van der Waals surface area contributed by atoms with Crippen molar-refractivity contribution in [3.05, 3.63) is 35.4 Å². The summed E-state index contributed by atoms with van der Waals surface area (Å²) >= 11 is 0. The van der Waals surface area contributed by atoms with Gasteiger partial charge in [-0.3, -0.25) is 9.79 Å². The summed E-state index contributed by atoms with van der Waals surface area (Å²) in [6, 6.07) is 8.27. The van der Waals surface area contributed by atoms with Gasteiger partial charge >= 0.3 is 0 Å². The molecule has 2 N–H and O–H groups in total. The number of rotatable bonds is 9. The highest BCUT2D eigenvalue weighted by Crippen LogP contribution is 2.17. The third-order valence-corrected chi connectivity index (χ3v) is 5.18. The minimum Gasteiger partial charge on any atom is -0.379 e. The van der Waals surface area contributed by atoms with Crippen molar-refractivity contribution >= 4 is 35.8 Å². The molecule has 2 aliphatic rings. The van der Waals surface area contributed by atoms with Crippen molar-refractivity contribution in [2.75, 3.05) is 40.0 Å². The van der Waals surface area contributed by atoms with E-state index in [2.05, 4.69) is 27.8 Å². The van der Waals surface area contributed by atoms with Crippen LogP contribution in [0.15, 0.2) is 29.3 Å². The van der Waals surface area contributed by atoms with Crippen molar-refractivity contribution in [1.29, 1.82) is 0 Å². The number of aliphatic imine (C=N–C) groups is 1. The SMILES string of the molecule is CN=C(NCCCOC1CCOC1)NCc1ccccc1CN1CCCC1=O.I. The van der Waals surface area contributed by atoms with Crippen molar-refractivity contribution in [2.45, 2.75) is 44.9 Å². The number of carbonyl (C=O) groups is 1. The Balaban J connectivity index is 0.00000300. The summed E-state index contributed by atoms with van der Waals surface area (Å²) in [6.45, 7) is 5.28. The fourth-order valence-corrected chi connectivity index (χ4v) is 3.53. The molecule has 1 amide bonds. The first-order valence-corrected chi connectivity index (χ1v) is 10.2. The maximum Gasteiger partial charge on any atom is 0.222 e. The largest absolute Gasteiger partial charge is 0.379 e. The molecule has 29 heavy (non-hydrogen) atoms. The third kappa shape index (κ3) is 7.75. The van der Waals surface area contributed by atoms with Gasteiger partial charge in [-0.1, -0.05) is 24.3 Å². The molecule has 2 fully saturated rings. The van der Waals surface area contributed by atoms with E-state index in [0.717, 1.165) is 58.1 Å². The predicted molar refractivity (Wildman–Crippen MR) is 125 cm³/mol. The molecule has 2 heterocycles. The van der Waals surface area contributed by atoms with Crippen molar-refractivity contribution in [3.8, 4) is 0 Å². The number of nitrogens with zero attached hydrogens (tertiary/aromatic N) is 2. The van der Waals surface area contributed by atoms with Crippen LogP contribution in [-0.2, 0) is 27.4 Å². The van der Waals surface area contributed by atoms with Crippen LogP contribution < -0.4 is 10.6 Å². The van der Waals surface area contributed by atoms with E-state index in [1.807, 2.05) is 17.0 Å². The number of nitrogens with one attached hydrogen (secondary N) is 2. The van der Waals surface area contributed by atoms with Gasteiger partial charge in [0, 0.05) is 52.9 Å². The van der Waals surface area contributed by atoms with Gasteiger partial charge in [-0.05, 0) is 30.4 Å². The highest BCUT2D eigenvalue weighted by Gasteiger charge is 2.20. The lowest BCUT2D eigenvalue weighted by Gasteiger charge is -2.19. The molecule has 0 radical (unpaired) electrons. The molecule has 0 spiro atoms. The Morgan fingerprint density at radius 3 is 2.83 bits per heavy atom. The normalized spacial score (nSPS) is 19.3. The Kier molecular flexibility index (Phi) is 10.7. The maximum absolute atomic E-state index is 11.9. The number of halogens is 1. The molecule has 0 aliphatic carbocycles. The Morgan fingerprint density at radius 1 is 1.31 bits per heavy atom. The molecule has 2 saturated heterocycles. The van der Waals surface area contributed by atoms with E-state index in [1.54, 1.807) is 7.05 Å². The standard InChI is InChI=1S/C21H32N4O3.HI/c1-22-21(23-10-5-12-28-19-9-13-27-16-19)24-14-17-6-2-3-7-18(17)15-25-11-4-8-20(25)26;/h2-3,6-7,19H,4-5,8-16H2,1H3,(H2,22,23,24);1H. The first kappa shape index (κ1) is 23.9. The van der Waals surface area contributed by atoms with Crippen molar-refractivity contribution in [1.82, 2.24) is 15.5 Å². The fraction of sp³-hybridized carbons (Fsp3) is 0.619. The molecule has 3 rings (SSSR count). The minimum absolute atomic E-state index is 0. The van der Waals surface area contributed by atoms with Crippen LogP contribution >= 0.6 is 24.0 Å². The maximum atomic E-state index is 11.9. The minimum atomic E-state index is 0. The molecule has 1 atom stereocenters. The van der Waals surface area contributed by atoms with Gasteiger partial charge in [-0.2, -0.15) is 0 Å². The lowest BCUT2D eigenvalue weighted by molar-refractivity contribution is -0.128. The van der Waals surface area contributed by atoms with Crippen molar-refractivity contribution < 1.29 is 14.3 Å². The van der Waals surface area contributed by atoms with Crippen LogP contribution in [0, 0.1) is 0 Å². The summed E-state index contributed by atoms with van der Waals surface area (Å²) in [6.07, 6.45) is 3.82. The zero-order valence-corrected chi connectivity index (χ0v) is 19.5. The van der Waals surface area contributed by atoms with Crippen LogP contribution in [0.3, 0.4) is 0 Å². The fourth-order valence-electron chi connectivity index (χ4n) is 3.53. The van der Waals surface area contributed by atoms with E-state index in [4.69, 9.17) is 9.47 Å². The monoisotopic (exact) mass is 516 g/mol. The molecule has 0 saturated carbocycles. The van der Waals surface area contributed by atoms with E-state index in [-0.39, 0.29) is 36.0 Å². The van der Waals surface area contributed by atoms with Gasteiger partial charge in [-0.15, -0.1) is 24.0 Å². The van der Waals surface area contributed by atoms with Gasteiger partial charge in [0.2, 0.25) is 5.91 Å². The number of carbonyl (C=O) groups excluding carboxylic acids is 1. The number of benzene rings is 1. The Bertz CT molecular complexity index is 665. The molecule has 7 nitrogen and oxygen atoms in total. The zero-order valence-electron chi connectivity index (χ0n) is 17.2. The van der Waals surface area contributed by atoms with Crippen LogP contribution in [0.2, 0.25) is 0 Å². The molecule has 2 aliphatic heterocycles. The molecular formula is C21H33IN4O3. The third-order valence-electron chi connectivity index (χ3n) is 5.18. The second-order valence-electron chi connectivity index (χ2n) is 7.25. The van der Waals surface area contributed by atoms with Crippen LogP contribution in [0.1, 0.15) is 36.8 Å². The van der Waals surface area contributed by atoms with Gasteiger partial charge in [0.05, 0.1) is 12.7 Å². The zero-order chi connectivity index (χ0) is 19.6. The van der Waals surface area contributed by atoms with Crippen LogP contribution in [-0.4, -0.2) is 62.8 Å². The lowest BCUT2D eigenvalue weighted by atomic mass is 10.1. The number of amides is 1. The summed E-state index contributed by atoms with van der Waals surface area (Å²) in [7, 11) is 1.77. The molecule has 8 heteroatoms. The molecule has 162 valence electrons. The van der Waals surface area contributed by atoms with Gasteiger partial charge in [0.1, 0.15) is 0 Å². The van der Waals surface area contributed by atoms with Crippen molar-refractivity contribution in [3.63, 3.8) is 0 Å². The second kappa shape index (κ2) is 13.0. The van der Waals surface area contributed by atoms with Crippen molar-refractivity contribution in [2.24, 2.45) is 4.99 Å². The van der Waals surface area contributed by atoms with E-state index >= 15 is 0 Å². The van der Waals surface area contributed by atoms with E-state index in [9.17, 15) is 4.79 Å². The number of guanidine groups is 1. The number of hydrogen-bond acceptors (Lipinski definition) is 4. The average molecular weight is 516 g/mol. The Labute approximate surface area is 190 Å². The van der Waals surface area contributed by atoms with Gasteiger partial charge < -0.3 is 25.0 Å². The van der Waals surface area contributed by atoms with Crippen LogP contribution in [0.25, 0.3) is 0 Å². The first-order valence-electron chi connectivity index (χ1n) is 10.2. The van der Waals surface area contributed by atoms with E-state index in [1.165, 1.54) is 11.1 Å². The smallest absolute Gasteiger partial charge is 0.222 e. The number of likely N-dealkylation sites (tertiary alicyclic amines) is 1. The highest BCUT2D eigenvalue weighted by molar-refractivity contribution is 14.0. The van der Waals surface area contributed by atoms with Gasteiger partial charge in [0.15, 0.2) is 5.96 Å². The molecule has 1 unspecified atom stereocenters. The Hall–Kier alpha value is -1.39. The highest BCUT2D eigenvalue weighted by atomic mass is 127. The lowest BCUT2D eigenvalue weighted by Crippen LogP contribution is -2.38. The molecule has 0 aromatic heterocycles. The summed E-state index contributed by atoms with van der Waals surface area (Å²) in [4.78, 5) is 18.2. The molecule has 1 aromatic carbocycles. The predicted octanol–water partition coefficient (Wildman–Crippen LogP) is 2.29. The molecular weight excluding hydrogens is 483 g/mol. The summed E-state index contributed by atoms with van der Waals surface area (Å²) < 4.78 is 11.1. The van der Waals surface area contributed by atoms with E-state index in [0.29, 0.717) is 19.5 Å². The quantitative estimate of drug-likeness (QED) is 0.228.